The van der Waals surface area contributed by atoms with Crippen molar-refractivity contribution in [3.05, 3.63) is 42.0 Å². The largest absolute Gasteiger partial charge is 0.490 e. The molecule has 2 rings (SSSR count). The molecule has 1 aromatic heterocycles. The van der Waals surface area contributed by atoms with Gasteiger partial charge in [-0.1, -0.05) is 6.07 Å². The van der Waals surface area contributed by atoms with Crippen molar-refractivity contribution >= 4 is 5.91 Å². The second-order valence-electron chi connectivity index (χ2n) is 5.01. The van der Waals surface area contributed by atoms with Crippen molar-refractivity contribution in [2.24, 2.45) is 7.05 Å². The van der Waals surface area contributed by atoms with E-state index in [1.807, 2.05) is 32.0 Å². The Morgan fingerprint density at radius 1 is 1.22 bits per heavy atom. The summed E-state index contributed by atoms with van der Waals surface area (Å²) in [6, 6.07) is 5.85. The van der Waals surface area contributed by atoms with Gasteiger partial charge in [-0.25, -0.2) is 4.98 Å². The van der Waals surface area contributed by atoms with Crippen LogP contribution in [0, 0.1) is 0 Å². The van der Waals surface area contributed by atoms with Gasteiger partial charge in [-0.3, -0.25) is 4.79 Å². The topological polar surface area (TPSA) is 65.4 Å². The maximum absolute atomic E-state index is 12.0. The van der Waals surface area contributed by atoms with Gasteiger partial charge in [0.15, 0.2) is 17.3 Å². The number of carbonyl (C=O) groups is 1. The van der Waals surface area contributed by atoms with E-state index in [0.717, 1.165) is 17.1 Å². The minimum Gasteiger partial charge on any atom is -0.490 e. The second kappa shape index (κ2) is 8.22. The molecule has 124 valence electrons. The highest BCUT2D eigenvalue weighted by atomic mass is 16.5. The molecule has 0 radical (unpaired) electrons. The maximum Gasteiger partial charge on any atom is 0.287 e. The summed E-state index contributed by atoms with van der Waals surface area (Å²) in [6.07, 6.45) is 4.06. The molecule has 6 nitrogen and oxygen atoms in total. The molecule has 0 unspecified atom stereocenters. The van der Waals surface area contributed by atoms with Crippen LogP contribution in [0.1, 0.15) is 30.0 Å². The standard InChI is InChI=1S/C17H23N3O3/c1-4-22-14-7-6-13(12-15(14)23-5-2)8-9-19-17(21)16-18-10-11-20(16)3/h6-7,10-12H,4-5,8-9H2,1-3H3,(H,19,21). The summed E-state index contributed by atoms with van der Waals surface area (Å²) in [5, 5.41) is 2.87. The Balaban J connectivity index is 1.94. The van der Waals surface area contributed by atoms with Gasteiger partial charge < -0.3 is 19.4 Å². The van der Waals surface area contributed by atoms with Gasteiger partial charge in [0.1, 0.15) is 0 Å². The van der Waals surface area contributed by atoms with E-state index >= 15 is 0 Å². The van der Waals surface area contributed by atoms with Crippen molar-refractivity contribution in [1.29, 1.82) is 0 Å². The zero-order chi connectivity index (χ0) is 16.7. The molecule has 0 atom stereocenters. The predicted octanol–water partition coefficient (Wildman–Crippen LogP) is 2.19. The summed E-state index contributed by atoms with van der Waals surface area (Å²) < 4.78 is 12.8. The van der Waals surface area contributed by atoms with Gasteiger partial charge in [-0.2, -0.15) is 0 Å². The predicted molar refractivity (Wildman–Crippen MR) is 88.0 cm³/mol. The molecule has 0 bridgehead atoms. The second-order valence-corrected chi connectivity index (χ2v) is 5.01. The van der Waals surface area contributed by atoms with Crippen LogP contribution in [0.3, 0.4) is 0 Å². The van der Waals surface area contributed by atoms with Gasteiger partial charge in [0, 0.05) is 26.0 Å². The Kier molecular flexibility index (Phi) is 6.02. The molecule has 1 aromatic carbocycles. The van der Waals surface area contributed by atoms with Gasteiger partial charge in [0.25, 0.3) is 5.91 Å². The van der Waals surface area contributed by atoms with Gasteiger partial charge >= 0.3 is 0 Å². The van der Waals surface area contributed by atoms with Crippen LogP contribution in [0.15, 0.2) is 30.6 Å². The van der Waals surface area contributed by atoms with E-state index in [4.69, 9.17) is 9.47 Å². The molecule has 1 amide bonds. The van der Waals surface area contributed by atoms with E-state index in [1.165, 1.54) is 0 Å². The Morgan fingerprint density at radius 3 is 2.61 bits per heavy atom. The minimum atomic E-state index is -0.173. The summed E-state index contributed by atoms with van der Waals surface area (Å²) in [5.41, 5.74) is 1.08. The molecule has 0 aliphatic carbocycles. The summed E-state index contributed by atoms with van der Waals surface area (Å²) >= 11 is 0. The first-order chi connectivity index (χ1) is 11.2. The number of nitrogens with zero attached hydrogens (tertiary/aromatic N) is 2. The van der Waals surface area contributed by atoms with Crippen molar-refractivity contribution in [3.8, 4) is 11.5 Å². The monoisotopic (exact) mass is 317 g/mol. The van der Waals surface area contributed by atoms with Crippen LogP contribution in [-0.2, 0) is 13.5 Å². The van der Waals surface area contributed by atoms with Crippen molar-refractivity contribution in [3.63, 3.8) is 0 Å². The fourth-order valence-electron chi connectivity index (χ4n) is 2.23. The zero-order valence-electron chi connectivity index (χ0n) is 13.8. The van der Waals surface area contributed by atoms with Crippen molar-refractivity contribution in [2.45, 2.75) is 20.3 Å². The number of imidazole rings is 1. The van der Waals surface area contributed by atoms with E-state index in [9.17, 15) is 4.79 Å². The number of nitrogens with one attached hydrogen (secondary N) is 1. The van der Waals surface area contributed by atoms with Crippen LogP contribution >= 0.6 is 0 Å². The van der Waals surface area contributed by atoms with Crippen LogP contribution in [0.4, 0.5) is 0 Å². The van der Waals surface area contributed by atoms with Gasteiger partial charge in [0.05, 0.1) is 13.2 Å². The third-order valence-electron chi connectivity index (χ3n) is 3.33. The van der Waals surface area contributed by atoms with Crippen molar-refractivity contribution < 1.29 is 14.3 Å². The third-order valence-corrected chi connectivity index (χ3v) is 3.33. The molecule has 0 saturated carbocycles. The SMILES string of the molecule is CCOc1ccc(CCNC(=O)c2nccn2C)cc1OCC. The first-order valence-electron chi connectivity index (χ1n) is 7.79. The van der Waals surface area contributed by atoms with E-state index in [1.54, 1.807) is 24.0 Å². The normalized spacial score (nSPS) is 10.4. The fourth-order valence-corrected chi connectivity index (χ4v) is 2.23. The smallest absolute Gasteiger partial charge is 0.287 e. The highest BCUT2D eigenvalue weighted by Gasteiger charge is 2.10. The van der Waals surface area contributed by atoms with Crippen LogP contribution in [0.5, 0.6) is 11.5 Å². The number of carbonyl (C=O) groups excluding carboxylic acids is 1. The average molecular weight is 317 g/mol. The first kappa shape index (κ1) is 16.9. The molecule has 0 spiro atoms. The lowest BCUT2D eigenvalue weighted by Gasteiger charge is -2.12. The quantitative estimate of drug-likeness (QED) is 0.810. The van der Waals surface area contributed by atoms with E-state index in [2.05, 4.69) is 10.3 Å². The number of amides is 1. The number of aromatic nitrogens is 2. The van der Waals surface area contributed by atoms with E-state index in [-0.39, 0.29) is 5.91 Å². The molecular weight excluding hydrogens is 294 g/mol. The summed E-state index contributed by atoms with van der Waals surface area (Å²) in [7, 11) is 1.79. The Bertz CT molecular complexity index is 652. The molecular formula is C17H23N3O3. The fraction of sp³-hybridized carbons (Fsp3) is 0.412. The molecule has 0 aliphatic rings. The summed E-state index contributed by atoms with van der Waals surface area (Å²) in [4.78, 5) is 16.0. The van der Waals surface area contributed by atoms with Crippen LogP contribution < -0.4 is 14.8 Å². The number of aryl methyl sites for hydroxylation is 1. The molecule has 0 fully saturated rings. The Morgan fingerprint density at radius 2 is 1.96 bits per heavy atom. The number of ether oxygens (including phenoxy) is 2. The van der Waals surface area contributed by atoms with Crippen LogP contribution in [0.2, 0.25) is 0 Å². The van der Waals surface area contributed by atoms with Crippen LogP contribution in [-0.4, -0.2) is 35.2 Å². The molecule has 1 heterocycles. The zero-order valence-corrected chi connectivity index (χ0v) is 13.8. The highest BCUT2D eigenvalue weighted by molar-refractivity contribution is 5.90. The number of hydrogen-bond acceptors (Lipinski definition) is 4. The summed E-state index contributed by atoms with van der Waals surface area (Å²) in [5.74, 6) is 1.72. The van der Waals surface area contributed by atoms with E-state index < -0.39 is 0 Å². The molecule has 0 saturated heterocycles. The number of rotatable bonds is 8. The third kappa shape index (κ3) is 4.48. The summed E-state index contributed by atoms with van der Waals surface area (Å²) in [6.45, 7) is 5.59. The Hall–Kier alpha value is -2.50. The van der Waals surface area contributed by atoms with Gasteiger partial charge in [-0.15, -0.1) is 0 Å². The first-order valence-corrected chi connectivity index (χ1v) is 7.79. The van der Waals surface area contributed by atoms with Crippen LogP contribution in [0.25, 0.3) is 0 Å². The van der Waals surface area contributed by atoms with E-state index in [0.29, 0.717) is 32.0 Å². The molecule has 2 aromatic rings. The Labute approximate surface area is 136 Å². The average Bonchev–Trinajstić information content (AvgIpc) is 2.96. The lowest BCUT2D eigenvalue weighted by atomic mass is 10.1. The lowest BCUT2D eigenvalue weighted by molar-refractivity contribution is 0.0940. The number of benzene rings is 1. The highest BCUT2D eigenvalue weighted by Crippen LogP contribution is 2.28. The van der Waals surface area contributed by atoms with Gasteiger partial charge in [-0.05, 0) is 38.0 Å². The maximum atomic E-state index is 12.0. The molecule has 23 heavy (non-hydrogen) atoms. The molecule has 0 aliphatic heterocycles. The number of hydrogen-bond donors (Lipinski definition) is 1. The van der Waals surface area contributed by atoms with Gasteiger partial charge in [0.2, 0.25) is 0 Å². The lowest BCUT2D eigenvalue weighted by Crippen LogP contribution is -2.28. The molecule has 6 heteroatoms. The van der Waals surface area contributed by atoms with Crippen molar-refractivity contribution in [1.82, 2.24) is 14.9 Å². The molecule has 1 N–H and O–H groups in total. The minimum absolute atomic E-state index is 0.173. The van der Waals surface area contributed by atoms with Crippen molar-refractivity contribution in [2.75, 3.05) is 19.8 Å².